The SMILES string of the molecule is CCC[C@@H]1CCCN(CC)C1. The number of hydrogen-bond donors (Lipinski definition) is 0. The van der Waals surface area contributed by atoms with Gasteiger partial charge in [0.05, 0.1) is 0 Å². The van der Waals surface area contributed by atoms with Crippen molar-refractivity contribution in [3.05, 3.63) is 0 Å². The number of nitrogens with zero attached hydrogens (tertiary/aromatic N) is 1. The van der Waals surface area contributed by atoms with Crippen LogP contribution in [0.3, 0.4) is 0 Å². The molecule has 1 heteroatoms. The van der Waals surface area contributed by atoms with E-state index in [-0.39, 0.29) is 0 Å². The van der Waals surface area contributed by atoms with Gasteiger partial charge in [0.15, 0.2) is 0 Å². The van der Waals surface area contributed by atoms with Crippen LogP contribution in [-0.4, -0.2) is 24.5 Å². The van der Waals surface area contributed by atoms with Gasteiger partial charge < -0.3 is 4.90 Å². The molecule has 0 aliphatic carbocycles. The van der Waals surface area contributed by atoms with Gasteiger partial charge in [0.25, 0.3) is 0 Å². The molecule has 0 N–H and O–H groups in total. The minimum atomic E-state index is 1.01. The third-order valence-electron chi connectivity index (χ3n) is 2.75. The van der Waals surface area contributed by atoms with Gasteiger partial charge >= 0.3 is 0 Å². The van der Waals surface area contributed by atoms with Crippen LogP contribution in [-0.2, 0) is 0 Å². The van der Waals surface area contributed by atoms with Crippen molar-refractivity contribution in [2.45, 2.75) is 39.5 Å². The van der Waals surface area contributed by atoms with Gasteiger partial charge in [0.2, 0.25) is 0 Å². The molecule has 0 spiro atoms. The fourth-order valence-electron chi connectivity index (χ4n) is 2.08. The molecule has 0 radical (unpaired) electrons. The quantitative estimate of drug-likeness (QED) is 0.605. The van der Waals surface area contributed by atoms with Crippen molar-refractivity contribution in [1.82, 2.24) is 4.90 Å². The first-order valence-electron chi connectivity index (χ1n) is 5.09. The summed E-state index contributed by atoms with van der Waals surface area (Å²) in [5, 5.41) is 0. The predicted octanol–water partition coefficient (Wildman–Crippen LogP) is 2.52. The molecule has 0 unspecified atom stereocenters. The minimum absolute atomic E-state index is 1.01. The molecule has 11 heavy (non-hydrogen) atoms. The van der Waals surface area contributed by atoms with Crippen molar-refractivity contribution in [2.75, 3.05) is 19.6 Å². The van der Waals surface area contributed by atoms with Crippen molar-refractivity contribution in [1.29, 1.82) is 0 Å². The zero-order valence-electron chi connectivity index (χ0n) is 7.97. The predicted molar refractivity (Wildman–Crippen MR) is 49.7 cm³/mol. The van der Waals surface area contributed by atoms with Gasteiger partial charge in [-0.05, 0) is 38.3 Å². The van der Waals surface area contributed by atoms with Crippen molar-refractivity contribution < 1.29 is 0 Å². The maximum absolute atomic E-state index is 2.59. The lowest BCUT2D eigenvalue weighted by molar-refractivity contribution is 0.175. The van der Waals surface area contributed by atoms with Crippen molar-refractivity contribution in [2.24, 2.45) is 5.92 Å². The lowest BCUT2D eigenvalue weighted by Gasteiger charge is -2.31. The van der Waals surface area contributed by atoms with E-state index >= 15 is 0 Å². The van der Waals surface area contributed by atoms with E-state index in [1.807, 2.05) is 0 Å². The molecule has 1 aliphatic heterocycles. The second-order valence-corrected chi connectivity index (χ2v) is 3.69. The normalized spacial score (nSPS) is 27.3. The molecule has 0 aromatic heterocycles. The van der Waals surface area contributed by atoms with Gasteiger partial charge in [-0.1, -0.05) is 20.3 Å². The molecule has 1 nitrogen and oxygen atoms in total. The molecule has 1 rings (SSSR count). The molecular formula is C10H21N. The summed E-state index contributed by atoms with van der Waals surface area (Å²) in [6.07, 6.45) is 5.71. The topological polar surface area (TPSA) is 3.24 Å². The standard InChI is InChI=1S/C10H21N/c1-3-6-10-7-5-8-11(4-2)9-10/h10H,3-9H2,1-2H3/t10-/m1/s1. The van der Waals surface area contributed by atoms with Gasteiger partial charge in [0.1, 0.15) is 0 Å². The van der Waals surface area contributed by atoms with Crippen LogP contribution < -0.4 is 0 Å². The molecule has 0 amide bonds. The van der Waals surface area contributed by atoms with E-state index in [0.29, 0.717) is 0 Å². The van der Waals surface area contributed by atoms with Crippen LogP contribution in [0, 0.1) is 5.92 Å². The summed E-state index contributed by atoms with van der Waals surface area (Å²) in [5.74, 6) is 1.01. The van der Waals surface area contributed by atoms with Crippen LogP contribution in [0.4, 0.5) is 0 Å². The summed E-state index contributed by atoms with van der Waals surface area (Å²) in [6, 6.07) is 0. The maximum Gasteiger partial charge on any atom is 0.000955 e. The summed E-state index contributed by atoms with van der Waals surface area (Å²) in [4.78, 5) is 2.59. The van der Waals surface area contributed by atoms with E-state index in [4.69, 9.17) is 0 Å². The molecule has 1 fully saturated rings. The molecule has 1 saturated heterocycles. The van der Waals surface area contributed by atoms with E-state index in [1.165, 1.54) is 45.3 Å². The molecule has 0 bridgehead atoms. The second kappa shape index (κ2) is 4.76. The second-order valence-electron chi connectivity index (χ2n) is 3.69. The number of likely N-dealkylation sites (tertiary alicyclic amines) is 1. The van der Waals surface area contributed by atoms with E-state index in [1.54, 1.807) is 0 Å². The maximum atomic E-state index is 2.59. The van der Waals surface area contributed by atoms with E-state index in [0.717, 1.165) is 5.92 Å². The highest BCUT2D eigenvalue weighted by molar-refractivity contribution is 4.71. The van der Waals surface area contributed by atoms with Crippen LogP contribution in [0.2, 0.25) is 0 Å². The van der Waals surface area contributed by atoms with Crippen molar-refractivity contribution >= 4 is 0 Å². The average Bonchev–Trinajstić information content (AvgIpc) is 2.06. The van der Waals surface area contributed by atoms with Gasteiger partial charge in [-0.25, -0.2) is 0 Å². The monoisotopic (exact) mass is 155 g/mol. The fourth-order valence-corrected chi connectivity index (χ4v) is 2.08. The summed E-state index contributed by atoms with van der Waals surface area (Å²) in [7, 11) is 0. The third kappa shape index (κ3) is 2.82. The zero-order valence-corrected chi connectivity index (χ0v) is 7.97. The Morgan fingerprint density at radius 3 is 2.82 bits per heavy atom. The van der Waals surface area contributed by atoms with E-state index < -0.39 is 0 Å². The third-order valence-corrected chi connectivity index (χ3v) is 2.75. The van der Waals surface area contributed by atoms with Gasteiger partial charge in [-0.2, -0.15) is 0 Å². The average molecular weight is 155 g/mol. The molecular weight excluding hydrogens is 134 g/mol. The summed E-state index contributed by atoms with van der Waals surface area (Å²) >= 11 is 0. The van der Waals surface area contributed by atoms with Gasteiger partial charge in [0, 0.05) is 6.54 Å². The fraction of sp³-hybridized carbons (Fsp3) is 1.00. The molecule has 1 atom stereocenters. The van der Waals surface area contributed by atoms with Crippen LogP contribution in [0.5, 0.6) is 0 Å². The van der Waals surface area contributed by atoms with Crippen LogP contribution in [0.15, 0.2) is 0 Å². The number of hydrogen-bond acceptors (Lipinski definition) is 1. The molecule has 1 aliphatic rings. The zero-order chi connectivity index (χ0) is 8.10. The van der Waals surface area contributed by atoms with E-state index in [2.05, 4.69) is 18.7 Å². The lowest BCUT2D eigenvalue weighted by Crippen LogP contribution is -2.34. The van der Waals surface area contributed by atoms with E-state index in [9.17, 15) is 0 Å². The van der Waals surface area contributed by atoms with Gasteiger partial charge in [-0.3, -0.25) is 0 Å². The Kier molecular flexibility index (Phi) is 3.92. The molecule has 66 valence electrons. The molecule has 0 saturated carbocycles. The Labute approximate surface area is 70.8 Å². The van der Waals surface area contributed by atoms with Crippen LogP contribution >= 0.6 is 0 Å². The van der Waals surface area contributed by atoms with Crippen LogP contribution in [0.1, 0.15) is 39.5 Å². The minimum Gasteiger partial charge on any atom is -0.303 e. The smallest absolute Gasteiger partial charge is 0.000955 e. The summed E-state index contributed by atoms with van der Waals surface area (Å²) in [6.45, 7) is 8.53. The van der Waals surface area contributed by atoms with Gasteiger partial charge in [-0.15, -0.1) is 0 Å². The first-order valence-corrected chi connectivity index (χ1v) is 5.09. The molecule has 0 aromatic carbocycles. The molecule has 0 aromatic rings. The Balaban J connectivity index is 2.21. The van der Waals surface area contributed by atoms with Crippen molar-refractivity contribution in [3.63, 3.8) is 0 Å². The number of piperidine rings is 1. The first-order chi connectivity index (χ1) is 5.36. The molecule has 1 heterocycles. The highest BCUT2D eigenvalue weighted by Gasteiger charge is 2.16. The van der Waals surface area contributed by atoms with Crippen molar-refractivity contribution in [3.8, 4) is 0 Å². The Morgan fingerprint density at radius 1 is 1.36 bits per heavy atom. The highest BCUT2D eigenvalue weighted by atomic mass is 15.1. The Morgan fingerprint density at radius 2 is 2.18 bits per heavy atom. The first kappa shape index (κ1) is 9.05. The number of rotatable bonds is 3. The Bertz CT molecular complexity index is 99.0. The lowest BCUT2D eigenvalue weighted by atomic mass is 9.94. The Hall–Kier alpha value is -0.0400. The van der Waals surface area contributed by atoms with Crippen LogP contribution in [0.25, 0.3) is 0 Å². The highest BCUT2D eigenvalue weighted by Crippen LogP contribution is 2.20. The summed E-state index contributed by atoms with van der Waals surface area (Å²) < 4.78 is 0. The summed E-state index contributed by atoms with van der Waals surface area (Å²) in [5.41, 5.74) is 0. The largest absolute Gasteiger partial charge is 0.303 e.